The first-order chi connectivity index (χ1) is 9.12. The molecule has 8 heteroatoms. The van der Waals surface area contributed by atoms with Crippen molar-refractivity contribution >= 4 is 30.6 Å². The lowest BCUT2D eigenvalue weighted by molar-refractivity contribution is -0.135. The molecule has 8 nitrogen and oxygen atoms in total. The number of carbonyl (C=O) groups is 1. The highest BCUT2D eigenvalue weighted by Gasteiger charge is 2.18. The van der Waals surface area contributed by atoms with Gasteiger partial charge in [0.05, 0.1) is 18.6 Å². The van der Waals surface area contributed by atoms with Crippen molar-refractivity contribution in [3.05, 3.63) is 11.8 Å². The predicted octanol–water partition coefficient (Wildman–Crippen LogP) is -0.852. The highest BCUT2D eigenvalue weighted by molar-refractivity contribution is 6.12. The van der Waals surface area contributed by atoms with Crippen molar-refractivity contribution in [2.75, 3.05) is 14.2 Å². The van der Waals surface area contributed by atoms with Crippen LogP contribution in [0.15, 0.2) is 31.7 Å². The Balaban J connectivity index is 2.77. The summed E-state index contributed by atoms with van der Waals surface area (Å²) in [5.74, 6) is -0.964. The largest absolute Gasteiger partial charge is 0.465 e. The Labute approximate surface area is 110 Å². The zero-order valence-electron chi connectivity index (χ0n) is 10.6. The van der Waals surface area contributed by atoms with Crippen LogP contribution in [0.5, 0.6) is 0 Å². The molecule has 0 spiro atoms. The average Bonchev–Trinajstić information content (AvgIpc) is 2.42. The molecule has 2 unspecified atom stereocenters. The third kappa shape index (κ3) is 4.11. The molecule has 0 saturated heterocycles. The molecule has 1 aliphatic rings. The first kappa shape index (κ1) is 14.7. The number of ether oxygens (including phenoxy) is 1. The summed E-state index contributed by atoms with van der Waals surface area (Å²) in [6.45, 7) is 0. The van der Waals surface area contributed by atoms with Crippen molar-refractivity contribution in [1.82, 2.24) is 0 Å². The maximum absolute atomic E-state index is 11.2. The van der Waals surface area contributed by atoms with Gasteiger partial charge in [0, 0.05) is 31.9 Å². The highest BCUT2D eigenvalue weighted by Crippen LogP contribution is 2.07. The molecule has 19 heavy (non-hydrogen) atoms. The third-order valence-electron chi connectivity index (χ3n) is 2.20. The predicted molar refractivity (Wildman–Crippen MR) is 72.6 cm³/mol. The number of rotatable bonds is 3. The van der Waals surface area contributed by atoms with Gasteiger partial charge in [0.25, 0.3) is 0 Å². The maximum Gasteiger partial charge on any atom is 0.340 e. The van der Waals surface area contributed by atoms with Crippen LogP contribution in [0.4, 0.5) is 0 Å². The number of aliphatic hydroxyl groups is 1. The molecule has 0 amide bonds. The van der Waals surface area contributed by atoms with Crippen LogP contribution in [0.25, 0.3) is 0 Å². The van der Waals surface area contributed by atoms with E-state index in [1.54, 1.807) is 7.05 Å². The van der Waals surface area contributed by atoms with Crippen molar-refractivity contribution in [2.45, 2.75) is 6.23 Å². The van der Waals surface area contributed by atoms with Gasteiger partial charge in [0.1, 0.15) is 0 Å². The standard InChI is InChI=1S/C11H15N5O3/c1-13-4-8-6-15-11(16-9(8)17)14-5-7(3-12)10(18)19-2/h3-6,8-9,17H,12H2,1-2H3/b7-3+,13-4?,14-5+. The van der Waals surface area contributed by atoms with E-state index in [2.05, 4.69) is 24.7 Å². The van der Waals surface area contributed by atoms with Gasteiger partial charge < -0.3 is 15.6 Å². The Bertz CT molecular complexity index is 479. The summed E-state index contributed by atoms with van der Waals surface area (Å²) in [6, 6.07) is 0. The summed E-state index contributed by atoms with van der Waals surface area (Å²) in [7, 11) is 2.82. The quantitative estimate of drug-likeness (QED) is 0.392. The van der Waals surface area contributed by atoms with Gasteiger partial charge in [0.2, 0.25) is 5.96 Å². The van der Waals surface area contributed by atoms with E-state index >= 15 is 0 Å². The minimum absolute atomic E-state index is 0.0384. The monoisotopic (exact) mass is 265 g/mol. The van der Waals surface area contributed by atoms with Crippen LogP contribution in [-0.2, 0) is 9.53 Å². The molecule has 0 saturated carbocycles. The Morgan fingerprint density at radius 1 is 1.63 bits per heavy atom. The van der Waals surface area contributed by atoms with E-state index in [4.69, 9.17) is 5.73 Å². The topological polar surface area (TPSA) is 122 Å². The van der Waals surface area contributed by atoms with Gasteiger partial charge in [-0.15, -0.1) is 0 Å². The molecule has 2 atom stereocenters. The van der Waals surface area contributed by atoms with Gasteiger partial charge in [-0.25, -0.2) is 19.8 Å². The van der Waals surface area contributed by atoms with E-state index in [1.807, 2.05) is 0 Å². The van der Waals surface area contributed by atoms with Crippen molar-refractivity contribution in [3.8, 4) is 0 Å². The van der Waals surface area contributed by atoms with Gasteiger partial charge in [-0.1, -0.05) is 0 Å². The van der Waals surface area contributed by atoms with Gasteiger partial charge in [-0.3, -0.25) is 4.99 Å². The van der Waals surface area contributed by atoms with E-state index in [0.29, 0.717) is 0 Å². The summed E-state index contributed by atoms with van der Waals surface area (Å²) in [4.78, 5) is 26.6. The van der Waals surface area contributed by atoms with E-state index < -0.39 is 12.2 Å². The Hall–Kier alpha value is -2.35. The highest BCUT2D eigenvalue weighted by atomic mass is 16.5. The molecular weight excluding hydrogens is 250 g/mol. The number of hydrogen-bond donors (Lipinski definition) is 2. The zero-order chi connectivity index (χ0) is 14.3. The summed E-state index contributed by atoms with van der Waals surface area (Å²) >= 11 is 0. The number of aliphatic hydroxyl groups excluding tert-OH is 1. The van der Waals surface area contributed by atoms with Crippen molar-refractivity contribution in [3.63, 3.8) is 0 Å². The van der Waals surface area contributed by atoms with Crippen LogP contribution in [0.1, 0.15) is 0 Å². The fourth-order valence-electron chi connectivity index (χ4n) is 1.23. The van der Waals surface area contributed by atoms with Gasteiger partial charge in [-0.05, 0) is 0 Å². The molecule has 1 heterocycles. The number of nitrogens with zero attached hydrogens (tertiary/aromatic N) is 4. The van der Waals surface area contributed by atoms with Gasteiger partial charge in [0.15, 0.2) is 6.23 Å². The van der Waals surface area contributed by atoms with Crippen molar-refractivity contribution < 1.29 is 14.6 Å². The molecule has 0 bridgehead atoms. The molecular formula is C11H15N5O3. The molecule has 1 aliphatic heterocycles. The molecule has 1 rings (SSSR count). The second kappa shape index (κ2) is 7.17. The molecule has 0 aromatic heterocycles. The minimum atomic E-state index is -1.00. The van der Waals surface area contributed by atoms with Crippen molar-refractivity contribution in [1.29, 1.82) is 0 Å². The van der Waals surface area contributed by atoms with Crippen LogP contribution in [0, 0.1) is 5.92 Å². The number of esters is 1. The fourth-order valence-corrected chi connectivity index (χ4v) is 1.23. The molecule has 0 radical (unpaired) electrons. The number of carbonyl (C=O) groups excluding carboxylic acids is 1. The Kier molecular flexibility index (Phi) is 5.55. The van der Waals surface area contributed by atoms with Gasteiger partial charge >= 0.3 is 5.97 Å². The fraction of sp³-hybridized carbons (Fsp3) is 0.364. The minimum Gasteiger partial charge on any atom is -0.465 e. The first-order valence-electron chi connectivity index (χ1n) is 5.39. The van der Waals surface area contributed by atoms with Gasteiger partial charge in [-0.2, -0.15) is 0 Å². The number of hydrogen-bond acceptors (Lipinski definition) is 8. The van der Waals surface area contributed by atoms with E-state index in [-0.39, 0.29) is 17.5 Å². The first-order valence-corrected chi connectivity index (χ1v) is 5.39. The second-order valence-electron chi connectivity index (χ2n) is 3.48. The summed E-state index contributed by atoms with van der Waals surface area (Å²) in [5.41, 5.74) is 5.32. The number of guanidine groups is 1. The summed E-state index contributed by atoms with van der Waals surface area (Å²) in [6.07, 6.45) is 4.23. The average molecular weight is 265 g/mol. The lowest BCUT2D eigenvalue weighted by Crippen LogP contribution is -2.26. The Morgan fingerprint density at radius 2 is 2.37 bits per heavy atom. The number of aliphatic imine (C=N–C) groups is 4. The molecule has 3 N–H and O–H groups in total. The molecule has 0 aromatic rings. The SMILES string of the molecule is CN=CC1C=NC(/N=C/C(=C\N)C(=O)OC)=NC1O. The summed E-state index contributed by atoms with van der Waals surface area (Å²) in [5, 5.41) is 9.67. The summed E-state index contributed by atoms with van der Waals surface area (Å²) < 4.78 is 4.49. The van der Waals surface area contributed by atoms with Crippen LogP contribution >= 0.6 is 0 Å². The van der Waals surface area contributed by atoms with Crippen LogP contribution in [0.3, 0.4) is 0 Å². The molecule has 0 fully saturated rings. The van der Waals surface area contributed by atoms with E-state index in [1.165, 1.54) is 25.8 Å². The Morgan fingerprint density at radius 3 is 2.89 bits per heavy atom. The van der Waals surface area contributed by atoms with Crippen LogP contribution < -0.4 is 5.73 Å². The van der Waals surface area contributed by atoms with E-state index in [9.17, 15) is 9.90 Å². The number of methoxy groups -OCH3 is 1. The lowest BCUT2D eigenvalue weighted by atomic mass is 10.1. The molecule has 102 valence electrons. The third-order valence-corrected chi connectivity index (χ3v) is 2.20. The normalized spacial score (nSPS) is 23.9. The second-order valence-corrected chi connectivity index (χ2v) is 3.48. The van der Waals surface area contributed by atoms with Crippen LogP contribution in [-0.4, -0.2) is 56.1 Å². The number of nitrogens with two attached hydrogens (primary N) is 1. The molecule has 0 aliphatic carbocycles. The molecule has 0 aromatic carbocycles. The van der Waals surface area contributed by atoms with Crippen molar-refractivity contribution in [2.24, 2.45) is 31.6 Å². The lowest BCUT2D eigenvalue weighted by Gasteiger charge is -2.14. The van der Waals surface area contributed by atoms with E-state index in [0.717, 1.165) is 6.20 Å². The van der Waals surface area contributed by atoms with Crippen LogP contribution in [0.2, 0.25) is 0 Å². The smallest absolute Gasteiger partial charge is 0.340 e. The zero-order valence-corrected chi connectivity index (χ0v) is 10.6. The maximum atomic E-state index is 11.2.